The third-order valence-corrected chi connectivity index (χ3v) is 11.1. The Kier molecular flexibility index (Phi) is 11.3. The molecule has 5 nitrogen and oxygen atoms in total. The number of nitrogens with zero attached hydrogens (tertiary/aromatic N) is 2. The second-order valence-electron chi connectivity index (χ2n) is 15.0. The highest BCUT2D eigenvalue weighted by atomic mass is 19.1. The van der Waals surface area contributed by atoms with Gasteiger partial charge in [-0.05, 0) is 102 Å². The quantitative estimate of drug-likeness (QED) is 0.108. The third-order valence-electron chi connectivity index (χ3n) is 11.1. The van der Waals surface area contributed by atoms with Crippen LogP contribution in [0.4, 0.5) is 21.5 Å². The number of para-hydroxylation sites is 1. The molecule has 0 radical (unpaired) electrons. The van der Waals surface area contributed by atoms with Crippen molar-refractivity contribution in [1.82, 2.24) is 0 Å². The highest BCUT2D eigenvalue weighted by Crippen LogP contribution is 2.53. The lowest BCUT2D eigenvalue weighted by Crippen LogP contribution is -2.15. The molecule has 0 aliphatic carbocycles. The van der Waals surface area contributed by atoms with E-state index >= 15 is 4.39 Å². The van der Waals surface area contributed by atoms with Gasteiger partial charge in [-0.15, -0.1) is 0 Å². The predicted octanol–water partition coefficient (Wildman–Crippen LogP) is 16.1. The van der Waals surface area contributed by atoms with Gasteiger partial charge < -0.3 is 23.7 Å². The molecule has 0 fully saturated rings. The summed E-state index contributed by atoms with van der Waals surface area (Å²) in [5, 5.41) is 1.03. The average Bonchev–Trinajstić information content (AvgIpc) is 3.74. The van der Waals surface area contributed by atoms with E-state index in [9.17, 15) is 0 Å². The highest BCUT2D eigenvalue weighted by Gasteiger charge is 2.32. The van der Waals surface area contributed by atoms with Crippen molar-refractivity contribution in [1.29, 1.82) is 0 Å². The fourth-order valence-electron chi connectivity index (χ4n) is 8.09. The first-order chi connectivity index (χ1) is 31.4. The topological polar surface area (TPSA) is 38.1 Å². The van der Waals surface area contributed by atoms with E-state index in [1.165, 1.54) is 6.07 Å². The summed E-state index contributed by atoms with van der Waals surface area (Å²) in [5.74, 6) is 2.12. The van der Waals surface area contributed by atoms with Crippen molar-refractivity contribution in [2.24, 2.45) is 0 Å². The second-order valence-corrected chi connectivity index (χ2v) is 15.0. The molecule has 310 valence electrons. The molecule has 9 rings (SSSR count). The Hall–Kier alpha value is -8.61. The molecule has 2 aliphatic heterocycles. The van der Waals surface area contributed by atoms with Gasteiger partial charge in [0.2, 0.25) is 0 Å². The van der Waals surface area contributed by atoms with Gasteiger partial charge >= 0.3 is 0 Å². The second kappa shape index (κ2) is 17.8. The number of benzene rings is 6. The van der Waals surface area contributed by atoms with Crippen LogP contribution >= 0.6 is 0 Å². The summed E-state index contributed by atoms with van der Waals surface area (Å²) in [6, 6.07) is 38.7. The third kappa shape index (κ3) is 7.76. The molecule has 0 saturated heterocycles. The van der Waals surface area contributed by atoms with Crippen molar-refractivity contribution in [3.63, 3.8) is 0 Å². The molecular formula is C58H43FN2O3. The van der Waals surface area contributed by atoms with Crippen molar-refractivity contribution < 1.29 is 18.3 Å². The number of anilines is 3. The number of rotatable bonds is 13. The van der Waals surface area contributed by atoms with Crippen LogP contribution in [-0.4, -0.2) is 0 Å². The summed E-state index contributed by atoms with van der Waals surface area (Å²) < 4.78 is 34.4. The molecule has 3 heterocycles. The van der Waals surface area contributed by atoms with Crippen LogP contribution in [0.25, 0.3) is 50.6 Å². The minimum Gasteiger partial charge on any atom is -0.464 e. The first-order valence-corrected chi connectivity index (χ1v) is 20.7. The standard InChI is InChI=1S/C58H43FN2O3/c1-6-9-10-17-33-60(43(8-3)19-7-2)45-25-28-47-39(4)57-54(64-55(47)36-45)32-30-50-49-29-26-46(37-56(49)63-40(5)58(50)57)61(34-18-16-22-42-38-62-53-24-15-14-23-48(42)53)44-27-31-52(59)51(35-44)41-20-12-11-13-21-41/h6-38H,1-5H2/b10-9-,22-16-,33-17+,34-18+,43-19+. The summed E-state index contributed by atoms with van der Waals surface area (Å²) >= 11 is 0. The van der Waals surface area contributed by atoms with E-state index in [4.69, 9.17) is 13.9 Å². The molecule has 64 heavy (non-hydrogen) atoms. The fourth-order valence-corrected chi connectivity index (χ4v) is 8.09. The zero-order valence-corrected chi connectivity index (χ0v) is 35.1. The molecule has 6 aromatic carbocycles. The lowest BCUT2D eigenvalue weighted by Gasteiger charge is -2.31. The summed E-state index contributed by atoms with van der Waals surface area (Å²) in [4.78, 5) is 4.02. The minimum absolute atomic E-state index is 0.307. The number of furan rings is 1. The van der Waals surface area contributed by atoms with Gasteiger partial charge in [0.05, 0.1) is 6.26 Å². The van der Waals surface area contributed by atoms with Gasteiger partial charge in [0.25, 0.3) is 0 Å². The summed E-state index contributed by atoms with van der Waals surface area (Å²) in [5.41, 5.74) is 11.5. The predicted molar refractivity (Wildman–Crippen MR) is 264 cm³/mol. The van der Waals surface area contributed by atoms with Crippen LogP contribution in [0.2, 0.25) is 0 Å². The summed E-state index contributed by atoms with van der Waals surface area (Å²) in [7, 11) is 0. The van der Waals surface area contributed by atoms with Crippen molar-refractivity contribution in [3.8, 4) is 39.5 Å². The molecule has 0 atom stereocenters. The van der Waals surface area contributed by atoms with Gasteiger partial charge in [-0.3, -0.25) is 0 Å². The molecule has 0 N–H and O–H groups in total. The largest absolute Gasteiger partial charge is 0.464 e. The maximum atomic E-state index is 15.4. The molecule has 0 saturated carbocycles. The van der Waals surface area contributed by atoms with E-state index in [0.29, 0.717) is 28.6 Å². The summed E-state index contributed by atoms with van der Waals surface area (Å²) in [6.07, 6.45) is 24.4. The van der Waals surface area contributed by atoms with Crippen LogP contribution in [0.15, 0.2) is 238 Å². The number of ether oxygens (including phenoxy) is 2. The van der Waals surface area contributed by atoms with Crippen LogP contribution in [0, 0.1) is 5.82 Å². The highest BCUT2D eigenvalue weighted by molar-refractivity contribution is 5.99. The SMILES string of the molecule is C=C/C=C\C=C\N(/C(C=C)=C/C=C)c1ccc2c(c1)Oc1ccc3c(c1C2=C)C(=C)Oc1cc(N(/C=C/C=C\c2coc4ccccc24)c2ccc(F)c(-c4ccccc4)c2)ccc1-3. The van der Waals surface area contributed by atoms with Crippen LogP contribution in [0.1, 0.15) is 22.3 Å². The average molecular weight is 835 g/mol. The molecule has 0 bridgehead atoms. The lowest BCUT2D eigenvalue weighted by molar-refractivity contribution is 0.471. The van der Waals surface area contributed by atoms with Gasteiger partial charge in [-0.25, -0.2) is 4.39 Å². The Morgan fingerprint density at radius 1 is 0.578 bits per heavy atom. The van der Waals surface area contributed by atoms with Gasteiger partial charge in [0, 0.05) is 86.1 Å². The fraction of sp³-hybridized carbons (Fsp3) is 0. The van der Waals surface area contributed by atoms with E-state index < -0.39 is 0 Å². The Labute approximate surface area is 372 Å². The number of allylic oxidation sites excluding steroid dienone is 9. The molecule has 0 spiro atoms. The monoisotopic (exact) mass is 834 g/mol. The number of fused-ring (bicyclic) bond motifs is 7. The van der Waals surface area contributed by atoms with Gasteiger partial charge in [-0.2, -0.15) is 0 Å². The smallest absolute Gasteiger partial charge is 0.137 e. The maximum Gasteiger partial charge on any atom is 0.137 e. The summed E-state index contributed by atoms with van der Waals surface area (Å²) in [6.45, 7) is 20.7. The zero-order valence-electron chi connectivity index (χ0n) is 35.1. The van der Waals surface area contributed by atoms with Gasteiger partial charge in [-0.1, -0.05) is 118 Å². The Balaban J connectivity index is 1.07. The molecule has 0 unspecified atom stereocenters. The van der Waals surface area contributed by atoms with Crippen LogP contribution in [0.5, 0.6) is 17.2 Å². The molecule has 0 amide bonds. The normalized spacial score (nSPS) is 13.1. The van der Waals surface area contributed by atoms with E-state index in [2.05, 4.69) is 32.9 Å². The number of hydrogen-bond donors (Lipinski definition) is 0. The minimum atomic E-state index is -0.307. The Morgan fingerprint density at radius 3 is 2.12 bits per heavy atom. The molecular weight excluding hydrogens is 792 g/mol. The maximum absolute atomic E-state index is 15.4. The van der Waals surface area contributed by atoms with Crippen molar-refractivity contribution in [2.75, 3.05) is 9.80 Å². The van der Waals surface area contributed by atoms with Gasteiger partial charge in [0.1, 0.15) is 34.4 Å². The van der Waals surface area contributed by atoms with E-state index in [1.54, 1.807) is 30.6 Å². The molecule has 7 aromatic rings. The van der Waals surface area contributed by atoms with Crippen LogP contribution < -0.4 is 19.3 Å². The van der Waals surface area contributed by atoms with Crippen LogP contribution in [-0.2, 0) is 0 Å². The molecule has 2 aliphatic rings. The van der Waals surface area contributed by atoms with Crippen molar-refractivity contribution >= 4 is 45.4 Å². The van der Waals surface area contributed by atoms with Crippen molar-refractivity contribution in [2.45, 2.75) is 0 Å². The van der Waals surface area contributed by atoms with Crippen LogP contribution in [0.3, 0.4) is 0 Å². The van der Waals surface area contributed by atoms with Gasteiger partial charge in [0.15, 0.2) is 0 Å². The zero-order chi connectivity index (χ0) is 44.2. The van der Waals surface area contributed by atoms with E-state index in [-0.39, 0.29) is 5.82 Å². The Bertz CT molecular complexity index is 3180. The lowest BCUT2D eigenvalue weighted by atomic mass is 9.85. The first-order valence-electron chi connectivity index (χ1n) is 20.7. The number of hydrogen-bond acceptors (Lipinski definition) is 5. The number of halogens is 1. The molecule has 1 aromatic heterocycles. The van der Waals surface area contributed by atoms with E-state index in [0.717, 1.165) is 78.2 Å². The van der Waals surface area contributed by atoms with Crippen molar-refractivity contribution in [3.05, 3.63) is 261 Å². The first kappa shape index (κ1) is 40.8. The molecule has 6 heteroatoms. The Morgan fingerprint density at radius 2 is 1.30 bits per heavy atom. The van der Waals surface area contributed by atoms with E-state index in [1.807, 2.05) is 174 Å².